The van der Waals surface area contributed by atoms with Gasteiger partial charge in [0.2, 0.25) is 0 Å². The summed E-state index contributed by atoms with van der Waals surface area (Å²) in [5.41, 5.74) is 4.11. The van der Waals surface area contributed by atoms with Gasteiger partial charge in [0.05, 0.1) is 12.7 Å². The summed E-state index contributed by atoms with van der Waals surface area (Å²) in [4.78, 5) is 14.6. The molecule has 30 heavy (non-hydrogen) atoms. The smallest absolute Gasteiger partial charge is 0.336 e. The van der Waals surface area contributed by atoms with Crippen molar-refractivity contribution in [1.29, 1.82) is 0 Å². The molecule has 0 saturated carbocycles. The number of rotatable bonds is 4. The van der Waals surface area contributed by atoms with Crippen LogP contribution in [0.4, 0.5) is 0 Å². The molecule has 0 N–H and O–H groups in total. The summed E-state index contributed by atoms with van der Waals surface area (Å²) in [5.74, 6) is 1.54. The van der Waals surface area contributed by atoms with Crippen LogP contribution in [-0.2, 0) is 13.1 Å². The lowest BCUT2D eigenvalue weighted by Gasteiger charge is -2.29. The van der Waals surface area contributed by atoms with Crippen LogP contribution in [0, 0.1) is 0 Å². The predicted molar refractivity (Wildman–Crippen MR) is 116 cm³/mol. The van der Waals surface area contributed by atoms with Gasteiger partial charge in [0.15, 0.2) is 0 Å². The molecular weight excluding hydrogens is 378 g/mol. The van der Waals surface area contributed by atoms with Gasteiger partial charge in [-0.15, -0.1) is 0 Å². The maximum absolute atomic E-state index is 12.4. The van der Waals surface area contributed by atoms with E-state index in [9.17, 15) is 4.79 Å². The summed E-state index contributed by atoms with van der Waals surface area (Å²) in [6.45, 7) is 1.91. The second kappa shape index (κ2) is 7.69. The topological polar surface area (TPSA) is 51.9 Å². The van der Waals surface area contributed by atoms with Crippen molar-refractivity contribution in [3.8, 4) is 22.6 Å². The van der Waals surface area contributed by atoms with Gasteiger partial charge in [-0.25, -0.2) is 4.79 Å². The SMILES string of the molecule is COc1ccc(-c2cc(=O)oc3c4c(ccc23)OCN(Cc2ccccc2)C4)cc1. The molecule has 0 fully saturated rings. The minimum Gasteiger partial charge on any atom is -0.497 e. The molecule has 0 bridgehead atoms. The van der Waals surface area contributed by atoms with Crippen molar-refractivity contribution in [1.82, 2.24) is 4.90 Å². The zero-order chi connectivity index (χ0) is 20.5. The first-order chi connectivity index (χ1) is 14.7. The van der Waals surface area contributed by atoms with E-state index >= 15 is 0 Å². The molecule has 5 heteroatoms. The highest BCUT2D eigenvalue weighted by atomic mass is 16.5. The van der Waals surface area contributed by atoms with Gasteiger partial charge in [0, 0.05) is 24.5 Å². The van der Waals surface area contributed by atoms with Gasteiger partial charge >= 0.3 is 5.63 Å². The molecule has 1 aromatic heterocycles. The van der Waals surface area contributed by atoms with Gasteiger partial charge in [-0.05, 0) is 41.0 Å². The second-order valence-electron chi connectivity index (χ2n) is 7.37. The van der Waals surface area contributed by atoms with Crippen molar-refractivity contribution in [3.63, 3.8) is 0 Å². The maximum Gasteiger partial charge on any atom is 0.336 e. The molecule has 0 unspecified atom stereocenters. The third-order valence-corrected chi connectivity index (χ3v) is 5.41. The number of hydrogen-bond acceptors (Lipinski definition) is 5. The first kappa shape index (κ1) is 18.5. The monoisotopic (exact) mass is 399 g/mol. The Balaban J connectivity index is 1.57. The fourth-order valence-electron chi connectivity index (χ4n) is 3.93. The Bertz CT molecular complexity index is 1250. The maximum atomic E-state index is 12.4. The van der Waals surface area contributed by atoms with Crippen LogP contribution in [0.5, 0.6) is 11.5 Å². The average Bonchev–Trinajstić information content (AvgIpc) is 2.79. The van der Waals surface area contributed by atoms with Crippen molar-refractivity contribution in [2.24, 2.45) is 0 Å². The molecule has 3 aromatic carbocycles. The largest absolute Gasteiger partial charge is 0.497 e. The molecule has 0 saturated heterocycles. The Labute approximate surface area is 174 Å². The van der Waals surface area contributed by atoms with Crippen LogP contribution >= 0.6 is 0 Å². The van der Waals surface area contributed by atoms with E-state index in [2.05, 4.69) is 17.0 Å². The molecule has 0 amide bonds. The lowest BCUT2D eigenvalue weighted by atomic mass is 9.99. The normalized spacial score (nSPS) is 13.6. The Hall–Kier alpha value is -3.57. The van der Waals surface area contributed by atoms with Crippen LogP contribution in [0.1, 0.15) is 11.1 Å². The van der Waals surface area contributed by atoms with Crippen LogP contribution in [0.3, 0.4) is 0 Å². The zero-order valence-electron chi connectivity index (χ0n) is 16.6. The van der Waals surface area contributed by atoms with Crippen LogP contribution in [0.2, 0.25) is 0 Å². The minimum absolute atomic E-state index is 0.373. The van der Waals surface area contributed by atoms with E-state index in [0.717, 1.165) is 40.1 Å². The summed E-state index contributed by atoms with van der Waals surface area (Å²) in [6.07, 6.45) is 0. The molecule has 4 aromatic rings. The van der Waals surface area contributed by atoms with Gasteiger partial charge in [0.25, 0.3) is 0 Å². The molecule has 1 aliphatic rings. The molecule has 0 spiro atoms. The number of hydrogen-bond donors (Lipinski definition) is 0. The van der Waals surface area contributed by atoms with Crippen LogP contribution < -0.4 is 15.1 Å². The van der Waals surface area contributed by atoms with E-state index in [-0.39, 0.29) is 5.63 Å². The Morgan fingerprint density at radius 1 is 1.00 bits per heavy atom. The van der Waals surface area contributed by atoms with Gasteiger partial charge in [0.1, 0.15) is 23.8 Å². The quantitative estimate of drug-likeness (QED) is 0.461. The number of methoxy groups -OCH3 is 1. The number of fused-ring (bicyclic) bond motifs is 3. The Kier molecular flexibility index (Phi) is 4.73. The van der Waals surface area contributed by atoms with Crippen LogP contribution in [0.25, 0.3) is 22.1 Å². The molecular formula is C25H21NO4. The lowest BCUT2D eigenvalue weighted by molar-refractivity contribution is 0.0890. The Morgan fingerprint density at radius 2 is 1.80 bits per heavy atom. The Morgan fingerprint density at radius 3 is 2.57 bits per heavy atom. The highest BCUT2D eigenvalue weighted by molar-refractivity contribution is 5.95. The van der Waals surface area contributed by atoms with Crippen molar-refractivity contribution >= 4 is 11.0 Å². The predicted octanol–water partition coefficient (Wildman–Crippen LogP) is 4.82. The molecule has 5 rings (SSSR count). The number of ether oxygens (including phenoxy) is 2. The van der Waals surface area contributed by atoms with E-state index in [4.69, 9.17) is 13.9 Å². The van der Waals surface area contributed by atoms with Gasteiger partial charge in [-0.1, -0.05) is 42.5 Å². The summed E-state index contributed by atoms with van der Waals surface area (Å²) in [7, 11) is 1.63. The number of benzene rings is 3. The highest BCUT2D eigenvalue weighted by Crippen LogP contribution is 2.36. The molecule has 0 radical (unpaired) electrons. The summed E-state index contributed by atoms with van der Waals surface area (Å²) in [6, 6.07) is 23.4. The van der Waals surface area contributed by atoms with Gasteiger partial charge in [-0.2, -0.15) is 0 Å². The fraction of sp³-hybridized carbons (Fsp3) is 0.160. The highest BCUT2D eigenvalue weighted by Gasteiger charge is 2.23. The van der Waals surface area contributed by atoms with Crippen LogP contribution in [-0.4, -0.2) is 18.7 Å². The van der Waals surface area contributed by atoms with E-state index in [1.54, 1.807) is 13.2 Å². The van der Waals surface area contributed by atoms with E-state index in [0.29, 0.717) is 18.9 Å². The second-order valence-corrected chi connectivity index (χ2v) is 7.37. The molecule has 0 atom stereocenters. The van der Waals surface area contributed by atoms with E-state index in [1.165, 1.54) is 5.56 Å². The summed E-state index contributed by atoms with van der Waals surface area (Å²) in [5, 5.41) is 0.892. The molecule has 1 aliphatic heterocycles. The molecule has 2 heterocycles. The standard InChI is InChI=1S/C25H21NO4/c1-28-19-9-7-18(8-10-19)21-13-24(27)30-25-20(21)11-12-23-22(25)15-26(16-29-23)14-17-5-3-2-4-6-17/h2-13H,14-16H2,1H3. The van der Waals surface area contributed by atoms with Crippen molar-refractivity contribution < 1.29 is 13.9 Å². The fourth-order valence-corrected chi connectivity index (χ4v) is 3.93. The number of nitrogens with zero attached hydrogens (tertiary/aromatic N) is 1. The zero-order valence-corrected chi connectivity index (χ0v) is 16.6. The minimum atomic E-state index is -0.373. The van der Waals surface area contributed by atoms with Gasteiger partial charge in [-0.3, -0.25) is 4.90 Å². The van der Waals surface area contributed by atoms with Crippen molar-refractivity contribution in [2.45, 2.75) is 13.1 Å². The van der Waals surface area contributed by atoms with E-state index < -0.39 is 0 Å². The first-order valence-electron chi connectivity index (χ1n) is 9.84. The van der Waals surface area contributed by atoms with E-state index in [1.807, 2.05) is 54.6 Å². The molecule has 150 valence electrons. The third-order valence-electron chi connectivity index (χ3n) is 5.41. The average molecular weight is 399 g/mol. The summed E-state index contributed by atoms with van der Waals surface area (Å²) >= 11 is 0. The van der Waals surface area contributed by atoms with Crippen molar-refractivity contribution in [2.75, 3.05) is 13.8 Å². The lowest BCUT2D eigenvalue weighted by Crippen LogP contribution is -2.31. The first-order valence-corrected chi connectivity index (χ1v) is 9.84. The van der Waals surface area contributed by atoms with Gasteiger partial charge < -0.3 is 13.9 Å². The van der Waals surface area contributed by atoms with Crippen LogP contribution in [0.15, 0.2) is 82.0 Å². The van der Waals surface area contributed by atoms with Crippen molar-refractivity contribution in [3.05, 3.63) is 94.3 Å². The molecule has 0 aliphatic carbocycles. The third kappa shape index (κ3) is 3.44. The molecule has 5 nitrogen and oxygen atoms in total. The summed E-state index contributed by atoms with van der Waals surface area (Å²) < 4.78 is 16.9.